The molecule has 2 atom stereocenters. The molecule has 30 heavy (non-hydrogen) atoms. The van der Waals surface area contributed by atoms with E-state index in [1.807, 2.05) is 24.3 Å². The molecular weight excluding hydrogens is 457 g/mol. The second kappa shape index (κ2) is 8.47. The predicted molar refractivity (Wildman–Crippen MR) is 110 cm³/mol. The second-order valence-electron chi connectivity index (χ2n) is 6.85. The van der Waals surface area contributed by atoms with Gasteiger partial charge < -0.3 is 4.74 Å². The van der Waals surface area contributed by atoms with E-state index in [-0.39, 0.29) is 12.1 Å². The molecule has 0 bridgehead atoms. The highest BCUT2D eigenvalue weighted by Gasteiger charge is 2.61. The monoisotopic (exact) mass is 475 g/mol. The van der Waals surface area contributed by atoms with Crippen molar-refractivity contribution in [3.8, 4) is 11.1 Å². The van der Waals surface area contributed by atoms with Crippen LogP contribution >= 0.6 is 15.9 Å². The van der Waals surface area contributed by atoms with Gasteiger partial charge in [-0.1, -0.05) is 52.3 Å². The first kappa shape index (κ1) is 21.8. The van der Waals surface area contributed by atoms with Gasteiger partial charge in [0.05, 0.1) is 7.11 Å². The average Bonchev–Trinajstić information content (AvgIpc) is 3.06. The largest absolute Gasteiger partial charge is 0.466 e. The normalized spacial score (nSPS) is 18.3. The van der Waals surface area contributed by atoms with Crippen LogP contribution in [0.15, 0.2) is 53.0 Å². The number of halogens is 2. The summed E-state index contributed by atoms with van der Waals surface area (Å²) in [5.41, 5.74) is -1.72. The number of alkyl halides is 1. The summed E-state index contributed by atoms with van der Waals surface area (Å²) in [6, 6.07) is 13.5. The van der Waals surface area contributed by atoms with Crippen molar-refractivity contribution in [2.75, 3.05) is 13.7 Å². The van der Waals surface area contributed by atoms with Crippen LogP contribution < -0.4 is 0 Å². The lowest BCUT2D eigenvalue weighted by atomic mass is 9.81. The molecule has 0 radical (unpaired) electrons. The number of likely N-dealkylation sites (tertiary alicyclic amines) is 1. The highest BCUT2D eigenvalue weighted by molar-refractivity contribution is 9.10. The number of methoxy groups -OCH3 is 1. The van der Waals surface area contributed by atoms with Gasteiger partial charge in [0, 0.05) is 23.0 Å². The highest BCUT2D eigenvalue weighted by atomic mass is 79.9. The maximum absolute atomic E-state index is 15.9. The summed E-state index contributed by atoms with van der Waals surface area (Å²) in [5, 5.41) is 0. The molecule has 0 unspecified atom stereocenters. The molecule has 1 heterocycles. The van der Waals surface area contributed by atoms with E-state index in [2.05, 4.69) is 20.7 Å². The summed E-state index contributed by atoms with van der Waals surface area (Å²) in [4.78, 5) is 50.7. The molecule has 0 N–H and O–H groups in total. The number of ketones is 1. The van der Waals surface area contributed by atoms with Crippen molar-refractivity contribution in [3.63, 3.8) is 0 Å². The molecule has 156 valence electrons. The molecule has 8 heteroatoms. The Kier molecular flexibility index (Phi) is 6.17. The van der Waals surface area contributed by atoms with Gasteiger partial charge in [-0.2, -0.15) is 0 Å². The molecule has 1 aliphatic heterocycles. The Balaban J connectivity index is 1.96. The fourth-order valence-electron chi connectivity index (χ4n) is 3.53. The Labute approximate surface area is 181 Å². The molecule has 0 saturated carbocycles. The third-order valence-corrected chi connectivity index (χ3v) is 5.71. The molecular formula is C22H19BrFNO5. The van der Waals surface area contributed by atoms with Crippen molar-refractivity contribution in [3.05, 3.63) is 58.6 Å². The van der Waals surface area contributed by atoms with E-state index in [1.165, 1.54) is 12.1 Å². The maximum Gasteiger partial charge on any atom is 0.352 e. The zero-order valence-corrected chi connectivity index (χ0v) is 17.9. The van der Waals surface area contributed by atoms with Crippen molar-refractivity contribution in [1.29, 1.82) is 0 Å². The third-order valence-electron chi connectivity index (χ3n) is 5.18. The smallest absolute Gasteiger partial charge is 0.352 e. The number of Topliss-reactive ketones (excluding diaryl/α,β-unsaturated/α-hetero) is 1. The van der Waals surface area contributed by atoms with E-state index in [0.717, 1.165) is 27.6 Å². The predicted octanol–water partition coefficient (Wildman–Crippen LogP) is 3.58. The van der Waals surface area contributed by atoms with Crippen LogP contribution in [0.5, 0.6) is 0 Å². The van der Waals surface area contributed by atoms with Gasteiger partial charge in [0.2, 0.25) is 17.6 Å². The highest BCUT2D eigenvalue weighted by Crippen LogP contribution is 2.37. The van der Waals surface area contributed by atoms with Crippen LogP contribution in [0.3, 0.4) is 0 Å². The number of nitrogens with zero attached hydrogens (tertiary/aromatic N) is 1. The fraction of sp³-hybridized carbons (Fsp3) is 0.273. The molecule has 0 aromatic heterocycles. The zero-order valence-electron chi connectivity index (χ0n) is 16.4. The Morgan fingerprint density at radius 1 is 1.10 bits per heavy atom. The van der Waals surface area contributed by atoms with Crippen molar-refractivity contribution < 1.29 is 28.3 Å². The summed E-state index contributed by atoms with van der Waals surface area (Å²) in [6.07, 6.45) is -0.568. The van der Waals surface area contributed by atoms with Gasteiger partial charge >= 0.3 is 5.97 Å². The summed E-state index contributed by atoms with van der Waals surface area (Å²) in [6.45, 7) is 1.58. The molecule has 0 aliphatic carbocycles. The van der Waals surface area contributed by atoms with Crippen molar-refractivity contribution in [2.24, 2.45) is 5.92 Å². The summed E-state index contributed by atoms with van der Waals surface area (Å²) < 4.78 is 21.4. The number of imide groups is 1. The molecule has 3 rings (SSSR count). The van der Waals surface area contributed by atoms with Gasteiger partial charge in [0.15, 0.2) is 0 Å². The zero-order chi connectivity index (χ0) is 22.1. The van der Waals surface area contributed by atoms with E-state index >= 15 is 4.39 Å². The number of carbonyl (C=O) groups excluding carboxylic acids is 4. The molecule has 2 aromatic carbocycles. The van der Waals surface area contributed by atoms with Gasteiger partial charge in [-0.25, -0.2) is 9.18 Å². The lowest BCUT2D eigenvalue weighted by molar-refractivity contribution is -0.158. The van der Waals surface area contributed by atoms with E-state index in [0.29, 0.717) is 0 Å². The number of benzene rings is 2. The third kappa shape index (κ3) is 3.67. The number of amides is 2. The van der Waals surface area contributed by atoms with E-state index in [4.69, 9.17) is 0 Å². The topological polar surface area (TPSA) is 80.8 Å². The lowest BCUT2D eigenvalue weighted by Gasteiger charge is -2.26. The Bertz CT molecular complexity index is 1010. The van der Waals surface area contributed by atoms with Crippen molar-refractivity contribution in [2.45, 2.75) is 19.0 Å². The molecule has 0 spiro atoms. The Morgan fingerprint density at radius 3 is 2.10 bits per heavy atom. The number of esters is 1. The van der Waals surface area contributed by atoms with Gasteiger partial charge in [-0.05, 0) is 30.2 Å². The number of carbonyl (C=O) groups is 4. The number of ether oxygens (including phenoxy) is 1. The van der Waals surface area contributed by atoms with Crippen molar-refractivity contribution in [1.82, 2.24) is 4.90 Å². The quantitative estimate of drug-likeness (QED) is 0.276. The lowest BCUT2D eigenvalue weighted by Crippen LogP contribution is -2.52. The van der Waals surface area contributed by atoms with E-state index in [1.54, 1.807) is 19.1 Å². The van der Waals surface area contributed by atoms with Gasteiger partial charge in [0.1, 0.15) is 5.92 Å². The van der Waals surface area contributed by atoms with Gasteiger partial charge in [0.25, 0.3) is 5.67 Å². The van der Waals surface area contributed by atoms with E-state index < -0.39 is 41.6 Å². The standard InChI is InChI=1S/C22H19BrFNO5/c1-3-25-18(26)12-17(20(25)28)22(24,21(29)30-2)19(27)15-6-4-13(5-7-15)14-8-10-16(23)11-9-14/h4-11,17H,3,12H2,1-2H3/t17-,22+/m0/s1. The minimum absolute atomic E-state index is 0.0293. The van der Waals surface area contributed by atoms with Crippen LogP contribution in [-0.4, -0.2) is 47.8 Å². The second-order valence-corrected chi connectivity index (χ2v) is 7.77. The Hall–Kier alpha value is -2.87. The first-order chi connectivity index (χ1) is 14.2. The Morgan fingerprint density at radius 2 is 1.63 bits per heavy atom. The summed E-state index contributed by atoms with van der Waals surface area (Å²) >= 11 is 3.36. The molecule has 6 nitrogen and oxygen atoms in total. The SMILES string of the molecule is CCN1C(=O)C[C@H]([C@](F)(C(=O)OC)C(=O)c2ccc(-c3ccc(Br)cc3)cc2)C1=O. The molecule has 1 saturated heterocycles. The van der Waals surface area contributed by atoms with E-state index in [9.17, 15) is 19.2 Å². The molecule has 2 amide bonds. The van der Waals surface area contributed by atoms with Crippen LogP contribution in [0.4, 0.5) is 4.39 Å². The van der Waals surface area contributed by atoms with Gasteiger partial charge in [-0.3, -0.25) is 19.3 Å². The minimum Gasteiger partial charge on any atom is -0.466 e. The first-order valence-corrected chi connectivity index (χ1v) is 10.1. The van der Waals surface area contributed by atoms with Crippen molar-refractivity contribution >= 4 is 39.5 Å². The van der Waals surface area contributed by atoms with Crippen LogP contribution in [0, 0.1) is 5.92 Å². The summed E-state index contributed by atoms with van der Waals surface area (Å²) in [5.74, 6) is -5.97. The molecule has 2 aromatic rings. The fourth-order valence-corrected chi connectivity index (χ4v) is 3.80. The maximum atomic E-state index is 15.9. The average molecular weight is 476 g/mol. The molecule has 1 aliphatic rings. The minimum atomic E-state index is -3.29. The van der Waals surface area contributed by atoms with Crippen LogP contribution in [0.25, 0.3) is 11.1 Å². The van der Waals surface area contributed by atoms with Gasteiger partial charge in [-0.15, -0.1) is 0 Å². The number of hydrogen-bond donors (Lipinski definition) is 0. The number of rotatable bonds is 6. The number of hydrogen-bond acceptors (Lipinski definition) is 5. The van der Waals surface area contributed by atoms with Crippen LogP contribution in [-0.2, 0) is 19.1 Å². The first-order valence-electron chi connectivity index (χ1n) is 9.26. The summed E-state index contributed by atoms with van der Waals surface area (Å²) in [7, 11) is 0.930. The van der Waals surface area contributed by atoms with Crippen LogP contribution in [0.1, 0.15) is 23.7 Å². The molecule has 1 fully saturated rings. The van der Waals surface area contributed by atoms with Crippen LogP contribution in [0.2, 0.25) is 0 Å².